The van der Waals surface area contributed by atoms with E-state index in [0.29, 0.717) is 29.4 Å². The van der Waals surface area contributed by atoms with Crippen molar-refractivity contribution < 1.29 is 23.9 Å². The largest absolute Gasteiger partial charge is 0.493 e. The number of hydrogen-bond acceptors (Lipinski definition) is 5. The van der Waals surface area contributed by atoms with E-state index in [4.69, 9.17) is 9.47 Å². The van der Waals surface area contributed by atoms with Gasteiger partial charge in [0, 0.05) is 50.9 Å². The molecule has 1 atom stereocenters. The molecule has 2 aromatic carbocycles. The van der Waals surface area contributed by atoms with Crippen molar-refractivity contribution in [1.29, 1.82) is 0 Å². The van der Waals surface area contributed by atoms with E-state index in [1.54, 1.807) is 48.2 Å². The first-order valence-electron chi connectivity index (χ1n) is 9.96. The van der Waals surface area contributed by atoms with Crippen LogP contribution in [0.3, 0.4) is 0 Å². The first kappa shape index (κ1) is 22.1. The number of hydrogen-bond donors (Lipinski definition) is 1. The van der Waals surface area contributed by atoms with Crippen molar-refractivity contribution in [3.63, 3.8) is 0 Å². The fourth-order valence-corrected chi connectivity index (χ4v) is 3.50. The smallest absolute Gasteiger partial charge is 0.229 e. The Morgan fingerprint density at radius 1 is 1.13 bits per heavy atom. The highest BCUT2D eigenvalue weighted by Gasteiger charge is 2.35. The molecule has 1 N–H and O–H groups in total. The number of anilines is 2. The van der Waals surface area contributed by atoms with E-state index in [0.717, 1.165) is 5.56 Å². The third kappa shape index (κ3) is 5.14. The molecule has 1 heterocycles. The highest BCUT2D eigenvalue weighted by atomic mass is 16.5. The summed E-state index contributed by atoms with van der Waals surface area (Å²) in [5.41, 5.74) is 2.20. The van der Waals surface area contributed by atoms with Gasteiger partial charge in [0.1, 0.15) is 0 Å². The van der Waals surface area contributed by atoms with Crippen LogP contribution in [0.15, 0.2) is 42.5 Å². The van der Waals surface area contributed by atoms with Gasteiger partial charge in [-0.25, -0.2) is 0 Å². The molecule has 3 amide bonds. The summed E-state index contributed by atoms with van der Waals surface area (Å²) >= 11 is 0. The van der Waals surface area contributed by atoms with Crippen molar-refractivity contribution in [1.82, 2.24) is 4.90 Å². The quantitative estimate of drug-likeness (QED) is 0.737. The maximum absolute atomic E-state index is 12.8. The number of nitrogens with one attached hydrogen (secondary N) is 1. The van der Waals surface area contributed by atoms with Crippen LogP contribution < -0.4 is 19.7 Å². The van der Waals surface area contributed by atoms with E-state index in [-0.39, 0.29) is 30.7 Å². The zero-order valence-corrected chi connectivity index (χ0v) is 18.2. The van der Waals surface area contributed by atoms with Crippen molar-refractivity contribution in [2.75, 3.05) is 38.0 Å². The lowest BCUT2D eigenvalue weighted by atomic mass is 10.1. The lowest BCUT2D eigenvalue weighted by Gasteiger charge is -2.19. The van der Waals surface area contributed by atoms with Crippen LogP contribution in [0.1, 0.15) is 18.9 Å². The van der Waals surface area contributed by atoms with Crippen molar-refractivity contribution in [2.45, 2.75) is 19.9 Å². The molecule has 1 aliphatic heterocycles. The molecule has 0 bridgehead atoms. The summed E-state index contributed by atoms with van der Waals surface area (Å²) in [7, 11) is 4.80. The average Bonchev–Trinajstić information content (AvgIpc) is 3.15. The fraction of sp³-hybridized carbons (Fsp3) is 0.348. The first-order chi connectivity index (χ1) is 14.8. The maximum Gasteiger partial charge on any atom is 0.229 e. The average molecular weight is 425 g/mol. The number of amides is 3. The second kappa shape index (κ2) is 9.51. The summed E-state index contributed by atoms with van der Waals surface area (Å²) in [5.74, 6) is 0.256. The molecule has 1 fully saturated rings. The molecule has 0 saturated carbocycles. The summed E-state index contributed by atoms with van der Waals surface area (Å²) in [6, 6.07) is 12.6. The predicted molar refractivity (Wildman–Crippen MR) is 117 cm³/mol. The molecule has 8 nitrogen and oxygen atoms in total. The van der Waals surface area contributed by atoms with Crippen molar-refractivity contribution in [3.8, 4) is 11.5 Å². The Hall–Kier alpha value is -3.55. The van der Waals surface area contributed by atoms with E-state index in [1.807, 2.05) is 18.2 Å². The standard InChI is InChI=1S/C23H27N3O5/c1-15(27)25(2)13-16-6-5-7-18(10-16)24-23(29)17-11-22(28)26(14-17)19-8-9-20(30-3)21(12-19)31-4/h5-10,12,17H,11,13-14H2,1-4H3,(H,24,29). The molecular formula is C23H27N3O5. The van der Waals surface area contributed by atoms with Crippen LogP contribution >= 0.6 is 0 Å². The molecular weight excluding hydrogens is 398 g/mol. The van der Waals surface area contributed by atoms with Gasteiger partial charge in [-0.15, -0.1) is 0 Å². The summed E-state index contributed by atoms with van der Waals surface area (Å²) < 4.78 is 10.6. The summed E-state index contributed by atoms with van der Waals surface area (Å²) in [6.07, 6.45) is 0.132. The predicted octanol–water partition coefficient (Wildman–Crippen LogP) is 2.67. The molecule has 0 aliphatic carbocycles. The maximum atomic E-state index is 12.8. The van der Waals surface area contributed by atoms with E-state index >= 15 is 0 Å². The molecule has 1 aliphatic rings. The van der Waals surface area contributed by atoms with Gasteiger partial charge in [0.15, 0.2) is 11.5 Å². The zero-order chi connectivity index (χ0) is 22.5. The van der Waals surface area contributed by atoms with Crippen LogP contribution in [0.2, 0.25) is 0 Å². The molecule has 1 unspecified atom stereocenters. The number of benzene rings is 2. The highest BCUT2D eigenvalue weighted by molar-refractivity contribution is 6.03. The third-order valence-corrected chi connectivity index (χ3v) is 5.33. The number of carbonyl (C=O) groups is 3. The molecule has 1 saturated heterocycles. The van der Waals surface area contributed by atoms with Crippen molar-refractivity contribution >= 4 is 29.1 Å². The highest BCUT2D eigenvalue weighted by Crippen LogP contribution is 2.34. The Labute approximate surface area is 181 Å². The second-order valence-corrected chi connectivity index (χ2v) is 7.51. The number of ether oxygens (including phenoxy) is 2. The second-order valence-electron chi connectivity index (χ2n) is 7.51. The third-order valence-electron chi connectivity index (χ3n) is 5.33. The minimum Gasteiger partial charge on any atom is -0.493 e. The van der Waals surface area contributed by atoms with Crippen LogP contribution in [0, 0.1) is 5.92 Å². The van der Waals surface area contributed by atoms with Gasteiger partial charge < -0.3 is 24.6 Å². The van der Waals surface area contributed by atoms with Crippen LogP contribution in [0.4, 0.5) is 11.4 Å². The molecule has 0 spiro atoms. The van der Waals surface area contributed by atoms with E-state index in [9.17, 15) is 14.4 Å². The summed E-state index contributed by atoms with van der Waals surface area (Å²) in [5, 5.41) is 2.89. The molecule has 8 heteroatoms. The Bertz CT molecular complexity index is 991. The molecule has 0 aromatic heterocycles. The summed E-state index contributed by atoms with van der Waals surface area (Å²) in [6.45, 7) is 2.24. The monoisotopic (exact) mass is 425 g/mol. The van der Waals surface area contributed by atoms with Gasteiger partial charge >= 0.3 is 0 Å². The minimum atomic E-state index is -0.468. The lowest BCUT2D eigenvalue weighted by molar-refractivity contribution is -0.128. The first-order valence-corrected chi connectivity index (χ1v) is 9.96. The van der Waals surface area contributed by atoms with E-state index in [2.05, 4.69) is 5.32 Å². The topological polar surface area (TPSA) is 88.2 Å². The van der Waals surface area contributed by atoms with Gasteiger partial charge in [-0.1, -0.05) is 12.1 Å². The SMILES string of the molecule is COc1ccc(N2CC(C(=O)Nc3cccc(CN(C)C(C)=O)c3)CC2=O)cc1OC. The lowest BCUT2D eigenvalue weighted by Crippen LogP contribution is -2.28. The van der Waals surface area contributed by atoms with Crippen molar-refractivity contribution in [3.05, 3.63) is 48.0 Å². The van der Waals surface area contributed by atoms with Crippen LogP contribution in [0.25, 0.3) is 0 Å². The van der Waals surface area contributed by atoms with Gasteiger partial charge in [0.05, 0.1) is 20.1 Å². The van der Waals surface area contributed by atoms with Crippen LogP contribution in [-0.2, 0) is 20.9 Å². The molecule has 164 valence electrons. The summed E-state index contributed by atoms with van der Waals surface area (Å²) in [4.78, 5) is 40.0. The zero-order valence-electron chi connectivity index (χ0n) is 18.2. The Kier molecular flexibility index (Phi) is 6.79. The van der Waals surface area contributed by atoms with Crippen LogP contribution in [-0.4, -0.2) is 50.4 Å². The molecule has 3 rings (SSSR count). The van der Waals surface area contributed by atoms with Gasteiger partial charge in [-0.2, -0.15) is 0 Å². The normalized spacial score (nSPS) is 15.5. The van der Waals surface area contributed by atoms with E-state index in [1.165, 1.54) is 14.0 Å². The number of methoxy groups -OCH3 is 2. The Morgan fingerprint density at radius 2 is 1.87 bits per heavy atom. The van der Waals surface area contributed by atoms with Gasteiger partial charge in [0.25, 0.3) is 0 Å². The minimum absolute atomic E-state index is 0.0332. The van der Waals surface area contributed by atoms with Gasteiger partial charge in [0.2, 0.25) is 17.7 Å². The molecule has 2 aromatic rings. The number of nitrogens with zero attached hydrogens (tertiary/aromatic N) is 2. The molecule has 0 radical (unpaired) electrons. The van der Waals surface area contributed by atoms with Crippen molar-refractivity contribution in [2.24, 2.45) is 5.92 Å². The van der Waals surface area contributed by atoms with Crippen LogP contribution in [0.5, 0.6) is 11.5 Å². The van der Waals surface area contributed by atoms with Gasteiger partial charge in [-0.05, 0) is 29.8 Å². The van der Waals surface area contributed by atoms with E-state index < -0.39 is 5.92 Å². The number of carbonyl (C=O) groups excluding carboxylic acids is 3. The molecule has 31 heavy (non-hydrogen) atoms. The van der Waals surface area contributed by atoms with Gasteiger partial charge in [-0.3, -0.25) is 14.4 Å². The Morgan fingerprint density at radius 3 is 2.55 bits per heavy atom. The Balaban J connectivity index is 1.68. The fourth-order valence-electron chi connectivity index (χ4n) is 3.50. The number of rotatable bonds is 7.